The summed E-state index contributed by atoms with van der Waals surface area (Å²) in [5, 5.41) is 8.97. The number of aliphatic hydroxyl groups is 1. The van der Waals surface area contributed by atoms with Gasteiger partial charge in [0.05, 0.1) is 6.61 Å². The highest BCUT2D eigenvalue weighted by Crippen LogP contribution is 2.19. The van der Waals surface area contributed by atoms with Crippen LogP contribution in [-0.2, 0) is 0 Å². The Morgan fingerprint density at radius 3 is 2.73 bits per heavy atom. The Kier molecular flexibility index (Phi) is 5.05. The van der Waals surface area contributed by atoms with Crippen LogP contribution in [0.1, 0.15) is 18.9 Å². The second-order valence-electron chi connectivity index (χ2n) is 3.50. The Hall–Kier alpha value is -0.610. The van der Waals surface area contributed by atoms with Crippen molar-refractivity contribution in [2.24, 2.45) is 0 Å². The molecule has 3 nitrogen and oxygen atoms in total. The van der Waals surface area contributed by atoms with Gasteiger partial charge in [-0.1, -0.05) is 6.92 Å². The van der Waals surface area contributed by atoms with E-state index in [2.05, 4.69) is 32.7 Å². The van der Waals surface area contributed by atoms with E-state index in [4.69, 9.17) is 5.11 Å². The molecule has 0 radical (unpaired) electrons. The molecule has 15 heavy (non-hydrogen) atoms. The third-order valence-electron chi connectivity index (χ3n) is 2.22. The number of hydrogen-bond donors (Lipinski definition) is 1. The SMILES string of the molecule is CCCN(CCO)c1cc(C)c(Br)cn1. The van der Waals surface area contributed by atoms with Crippen molar-refractivity contribution < 1.29 is 5.11 Å². The van der Waals surface area contributed by atoms with Crippen LogP contribution >= 0.6 is 15.9 Å². The summed E-state index contributed by atoms with van der Waals surface area (Å²) < 4.78 is 1.02. The van der Waals surface area contributed by atoms with E-state index >= 15 is 0 Å². The Morgan fingerprint density at radius 2 is 2.20 bits per heavy atom. The van der Waals surface area contributed by atoms with Crippen LogP contribution in [0, 0.1) is 6.92 Å². The zero-order chi connectivity index (χ0) is 11.3. The normalized spacial score (nSPS) is 10.4. The van der Waals surface area contributed by atoms with Crippen molar-refractivity contribution in [3.05, 3.63) is 22.3 Å². The standard InChI is InChI=1S/C11H17BrN2O/c1-3-4-14(5-6-15)11-7-9(2)10(12)8-13-11/h7-8,15H,3-6H2,1-2H3. The molecule has 1 rings (SSSR count). The van der Waals surface area contributed by atoms with Crippen LogP contribution in [0.3, 0.4) is 0 Å². The summed E-state index contributed by atoms with van der Waals surface area (Å²) in [7, 11) is 0. The maximum atomic E-state index is 8.97. The number of aromatic nitrogens is 1. The molecule has 0 saturated carbocycles. The molecule has 0 unspecified atom stereocenters. The third kappa shape index (κ3) is 3.47. The van der Waals surface area contributed by atoms with Crippen LogP contribution in [0.4, 0.5) is 5.82 Å². The van der Waals surface area contributed by atoms with Crippen LogP contribution in [0.25, 0.3) is 0 Å². The van der Waals surface area contributed by atoms with Gasteiger partial charge in [0, 0.05) is 23.8 Å². The van der Waals surface area contributed by atoms with Crippen molar-refractivity contribution in [2.45, 2.75) is 20.3 Å². The number of hydrogen-bond acceptors (Lipinski definition) is 3. The number of pyridine rings is 1. The molecule has 1 N–H and O–H groups in total. The summed E-state index contributed by atoms with van der Waals surface area (Å²) in [6.45, 7) is 5.89. The molecule has 84 valence electrons. The molecule has 0 spiro atoms. The monoisotopic (exact) mass is 272 g/mol. The summed E-state index contributed by atoms with van der Waals surface area (Å²) in [4.78, 5) is 6.44. The van der Waals surface area contributed by atoms with Crippen LogP contribution in [-0.4, -0.2) is 29.8 Å². The fourth-order valence-electron chi connectivity index (χ4n) is 1.43. The fourth-order valence-corrected chi connectivity index (χ4v) is 1.65. The number of rotatable bonds is 5. The van der Waals surface area contributed by atoms with E-state index in [9.17, 15) is 0 Å². The van der Waals surface area contributed by atoms with Crippen molar-refractivity contribution in [1.29, 1.82) is 0 Å². The predicted octanol–water partition coefficient (Wildman–Crippen LogP) is 2.36. The third-order valence-corrected chi connectivity index (χ3v) is 3.05. The van der Waals surface area contributed by atoms with Gasteiger partial charge in [-0.3, -0.25) is 0 Å². The molecule has 0 bridgehead atoms. The first kappa shape index (κ1) is 12.5. The Labute approximate surface area is 99.3 Å². The second-order valence-corrected chi connectivity index (χ2v) is 4.36. The van der Waals surface area contributed by atoms with Crippen LogP contribution in [0.5, 0.6) is 0 Å². The van der Waals surface area contributed by atoms with Gasteiger partial charge in [-0.2, -0.15) is 0 Å². The Bertz CT molecular complexity index is 311. The van der Waals surface area contributed by atoms with Crippen molar-refractivity contribution in [2.75, 3.05) is 24.6 Å². The van der Waals surface area contributed by atoms with E-state index in [1.165, 1.54) is 5.56 Å². The van der Waals surface area contributed by atoms with E-state index in [-0.39, 0.29) is 6.61 Å². The topological polar surface area (TPSA) is 36.4 Å². The lowest BCUT2D eigenvalue weighted by atomic mass is 10.3. The maximum Gasteiger partial charge on any atom is 0.128 e. The van der Waals surface area contributed by atoms with Crippen LogP contribution < -0.4 is 4.90 Å². The minimum Gasteiger partial charge on any atom is -0.395 e. The van der Waals surface area contributed by atoms with E-state index in [1.807, 2.05) is 19.2 Å². The number of nitrogens with zero attached hydrogens (tertiary/aromatic N) is 2. The fraction of sp³-hybridized carbons (Fsp3) is 0.545. The highest BCUT2D eigenvalue weighted by molar-refractivity contribution is 9.10. The smallest absolute Gasteiger partial charge is 0.128 e. The zero-order valence-corrected chi connectivity index (χ0v) is 10.8. The number of aliphatic hydroxyl groups excluding tert-OH is 1. The number of halogens is 1. The summed E-state index contributed by atoms with van der Waals surface area (Å²) in [6.07, 6.45) is 2.86. The average Bonchev–Trinajstić information content (AvgIpc) is 2.22. The predicted molar refractivity (Wildman–Crippen MR) is 66.3 cm³/mol. The maximum absolute atomic E-state index is 8.97. The average molecular weight is 273 g/mol. The minimum atomic E-state index is 0.163. The molecule has 1 aromatic rings. The van der Waals surface area contributed by atoms with Gasteiger partial charge in [0.1, 0.15) is 5.82 Å². The second kappa shape index (κ2) is 6.08. The lowest BCUT2D eigenvalue weighted by molar-refractivity contribution is 0.301. The van der Waals surface area contributed by atoms with Gasteiger partial charge < -0.3 is 10.0 Å². The van der Waals surface area contributed by atoms with Crippen molar-refractivity contribution in [3.63, 3.8) is 0 Å². The summed E-state index contributed by atoms with van der Waals surface area (Å²) in [5.41, 5.74) is 1.17. The van der Waals surface area contributed by atoms with E-state index in [1.54, 1.807) is 0 Å². The van der Waals surface area contributed by atoms with Gasteiger partial charge in [-0.15, -0.1) is 0 Å². The Morgan fingerprint density at radius 1 is 1.47 bits per heavy atom. The minimum absolute atomic E-state index is 0.163. The molecule has 1 heterocycles. The first-order valence-corrected chi connectivity index (χ1v) is 5.96. The van der Waals surface area contributed by atoms with Crippen molar-refractivity contribution in [1.82, 2.24) is 4.98 Å². The lowest BCUT2D eigenvalue weighted by Crippen LogP contribution is -2.28. The summed E-state index contributed by atoms with van der Waals surface area (Å²) in [6, 6.07) is 2.04. The molecule has 0 aliphatic heterocycles. The van der Waals surface area contributed by atoms with E-state index in [0.29, 0.717) is 6.54 Å². The lowest BCUT2D eigenvalue weighted by Gasteiger charge is -2.22. The number of anilines is 1. The van der Waals surface area contributed by atoms with Gasteiger partial charge >= 0.3 is 0 Å². The number of aryl methyl sites for hydroxylation is 1. The first-order chi connectivity index (χ1) is 7.19. The molecule has 4 heteroatoms. The van der Waals surface area contributed by atoms with Gasteiger partial charge in [-0.25, -0.2) is 4.98 Å². The molecular weight excluding hydrogens is 256 g/mol. The molecule has 0 fully saturated rings. The molecule has 0 aliphatic rings. The quantitative estimate of drug-likeness (QED) is 0.894. The molecule has 0 aliphatic carbocycles. The highest BCUT2D eigenvalue weighted by Gasteiger charge is 2.07. The Balaban J connectivity index is 2.85. The van der Waals surface area contributed by atoms with Gasteiger partial charge in [0.25, 0.3) is 0 Å². The molecular formula is C11H17BrN2O. The summed E-state index contributed by atoms with van der Waals surface area (Å²) >= 11 is 3.43. The largest absolute Gasteiger partial charge is 0.395 e. The van der Waals surface area contributed by atoms with Gasteiger partial charge in [0.2, 0.25) is 0 Å². The molecule has 1 aromatic heterocycles. The van der Waals surface area contributed by atoms with Gasteiger partial charge in [0.15, 0.2) is 0 Å². The highest BCUT2D eigenvalue weighted by atomic mass is 79.9. The van der Waals surface area contributed by atoms with Crippen molar-refractivity contribution >= 4 is 21.7 Å². The molecule has 0 amide bonds. The summed E-state index contributed by atoms with van der Waals surface area (Å²) in [5.74, 6) is 0.937. The van der Waals surface area contributed by atoms with Gasteiger partial charge in [-0.05, 0) is 40.9 Å². The van der Waals surface area contributed by atoms with Crippen LogP contribution in [0.2, 0.25) is 0 Å². The van der Waals surface area contributed by atoms with Crippen LogP contribution in [0.15, 0.2) is 16.7 Å². The zero-order valence-electron chi connectivity index (χ0n) is 9.20. The molecule has 0 saturated heterocycles. The first-order valence-electron chi connectivity index (χ1n) is 5.17. The van der Waals surface area contributed by atoms with E-state index < -0.39 is 0 Å². The van der Waals surface area contributed by atoms with Crippen molar-refractivity contribution in [3.8, 4) is 0 Å². The molecule has 0 aromatic carbocycles. The van der Waals surface area contributed by atoms with E-state index in [0.717, 1.165) is 23.3 Å². The molecule has 0 atom stereocenters.